The summed E-state index contributed by atoms with van der Waals surface area (Å²) in [6.07, 6.45) is 0. The van der Waals surface area contributed by atoms with E-state index < -0.39 is 0 Å². The summed E-state index contributed by atoms with van der Waals surface area (Å²) >= 11 is 8.00. The number of morpholine rings is 1. The summed E-state index contributed by atoms with van der Waals surface area (Å²) in [4.78, 5) is 18.2. The quantitative estimate of drug-likeness (QED) is 0.842. The van der Waals surface area contributed by atoms with Crippen LogP contribution in [0.15, 0.2) is 47.4 Å². The highest BCUT2D eigenvalue weighted by Crippen LogP contribution is 2.34. The number of nitrogens with one attached hydrogen (secondary N) is 1. The van der Waals surface area contributed by atoms with Gasteiger partial charge in [-0.1, -0.05) is 23.7 Å². The van der Waals surface area contributed by atoms with E-state index in [0.717, 1.165) is 47.3 Å². The molecule has 0 spiro atoms. The molecule has 0 saturated carbocycles. The number of hydrogen-bond donors (Lipinski definition) is 1. The number of hydrogen-bond acceptors (Lipinski definition) is 5. The fourth-order valence-electron chi connectivity index (χ4n) is 3.42. The topological polar surface area (TPSA) is 44.8 Å². The summed E-state index contributed by atoms with van der Waals surface area (Å²) in [5, 5.41) is 3.97. The molecule has 4 rings (SSSR count). The number of fused-ring (bicyclic) bond motifs is 1. The first-order valence-corrected chi connectivity index (χ1v) is 10.5. The number of thioether (sulfide) groups is 1. The van der Waals surface area contributed by atoms with E-state index in [2.05, 4.69) is 16.3 Å². The zero-order chi connectivity index (χ0) is 18.6. The molecule has 0 atom stereocenters. The van der Waals surface area contributed by atoms with Crippen LogP contribution in [0.3, 0.4) is 0 Å². The number of carbonyl (C=O) groups excluding carboxylic acids is 1. The molecule has 0 bridgehead atoms. The minimum absolute atomic E-state index is 0.0654. The zero-order valence-electron chi connectivity index (χ0n) is 15.0. The van der Waals surface area contributed by atoms with Crippen molar-refractivity contribution in [1.82, 2.24) is 0 Å². The second-order valence-corrected chi connectivity index (χ2v) is 8.05. The van der Waals surface area contributed by atoms with E-state index in [1.165, 1.54) is 0 Å². The van der Waals surface area contributed by atoms with E-state index >= 15 is 0 Å². The molecule has 5 nitrogen and oxygen atoms in total. The Morgan fingerprint density at radius 1 is 1.11 bits per heavy atom. The fraction of sp³-hybridized carbons (Fsp3) is 0.350. The first-order chi connectivity index (χ1) is 13.2. The largest absolute Gasteiger partial charge is 0.378 e. The Kier molecular flexibility index (Phi) is 5.76. The molecule has 1 N–H and O–H groups in total. The van der Waals surface area contributed by atoms with Gasteiger partial charge in [-0.3, -0.25) is 4.79 Å². The number of ether oxygens (including phenoxy) is 1. The highest BCUT2D eigenvalue weighted by Gasteiger charge is 2.23. The first kappa shape index (κ1) is 18.5. The lowest BCUT2D eigenvalue weighted by Gasteiger charge is -2.31. The molecule has 0 radical (unpaired) electrons. The van der Waals surface area contributed by atoms with E-state index in [1.807, 2.05) is 41.3 Å². The maximum absolute atomic E-state index is 12.9. The second kappa shape index (κ2) is 8.42. The van der Waals surface area contributed by atoms with Gasteiger partial charge in [0.25, 0.3) is 0 Å². The summed E-state index contributed by atoms with van der Waals surface area (Å²) in [7, 11) is 0. The Bertz CT molecular complexity index is 827. The maximum atomic E-state index is 12.9. The minimum atomic E-state index is 0.0654. The Hall–Kier alpha value is -1.89. The molecule has 1 saturated heterocycles. The number of carbonyl (C=O) groups is 1. The smallest absolute Gasteiger partial charge is 0.246 e. The van der Waals surface area contributed by atoms with Crippen LogP contribution in [0.2, 0.25) is 5.02 Å². The first-order valence-electron chi connectivity index (χ1n) is 9.11. The van der Waals surface area contributed by atoms with E-state index in [-0.39, 0.29) is 12.5 Å². The van der Waals surface area contributed by atoms with Crippen LogP contribution in [0, 0.1) is 0 Å². The molecular formula is C20H22ClN3O2S. The molecule has 2 heterocycles. The van der Waals surface area contributed by atoms with Crippen molar-refractivity contribution in [1.29, 1.82) is 0 Å². The van der Waals surface area contributed by atoms with Gasteiger partial charge in [0.15, 0.2) is 0 Å². The average Bonchev–Trinajstić information content (AvgIpc) is 2.72. The molecule has 1 fully saturated rings. The third-order valence-electron chi connectivity index (χ3n) is 4.77. The number of benzene rings is 2. The van der Waals surface area contributed by atoms with Gasteiger partial charge in [-0.2, -0.15) is 0 Å². The monoisotopic (exact) mass is 403 g/mol. The van der Waals surface area contributed by atoms with Crippen LogP contribution in [0.5, 0.6) is 0 Å². The van der Waals surface area contributed by atoms with Crippen molar-refractivity contribution in [3.63, 3.8) is 0 Å². The standard InChI is InChI=1S/C20H22ClN3O2S/c21-15-5-6-17(23-7-10-26-11-8-23)16(13-15)22-14-20(25)24-9-12-27-19-4-2-1-3-18(19)24/h1-6,13,22H,7-12,14H2. The van der Waals surface area contributed by atoms with Crippen molar-refractivity contribution in [2.24, 2.45) is 0 Å². The van der Waals surface area contributed by atoms with Crippen molar-refractivity contribution in [3.8, 4) is 0 Å². The lowest BCUT2D eigenvalue weighted by atomic mass is 10.2. The normalized spacial score (nSPS) is 16.8. The molecule has 2 aromatic rings. The van der Waals surface area contributed by atoms with Crippen LogP contribution in [-0.2, 0) is 9.53 Å². The minimum Gasteiger partial charge on any atom is -0.378 e. The van der Waals surface area contributed by atoms with Crippen molar-refractivity contribution >= 4 is 46.3 Å². The third-order valence-corrected chi connectivity index (χ3v) is 6.05. The van der Waals surface area contributed by atoms with Crippen molar-refractivity contribution in [3.05, 3.63) is 47.5 Å². The number of halogens is 1. The van der Waals surface area contributed by atoms with Gasteiger partial charge in [-0.05, 0) is 30.3 Å². The van der Waals surface area contributed by atoms with Crippen molar-refractivity contribution in [2.45, 2.75) is 4.90 Å². The van der Waals surface area contributed by atoms with Crippen molar-refractivity contribution < 1.29 is 9.53 Å². The summed E-state index contributed by atoms with van der Waals surface area (Å²) < 4.78 is 5.44. The van der Waals surface area contributed by atoms with Gasteiger partial charge in [-0.25, -0.2) is 0 Å². The lowest BCUT2D eigenvalue weighted by Crippen LogP contribution is -2.39. The molecule has 2 aromatic carbocycles. The van der Waals surface area contributed by atoms with Gasteiger partial charge >= 0.3 is 0 Å². The number of anilines is 3. The average molecular weight is 404 g/mol. The fourth-order valence-corrected chi connectivity index (χ4v) is 4.59. The van der Waals surface area contributed by atoms with Gasteiger partial charge in [-0.15, -0.1) is 11.8 Å². The van der Waals surface area contributed by atoms with E-state index in [1.54, 1.807) is 11.8 Å². The second-order valence-electron chi connectivity index (χ2n) is 6.48. The predicted molar refractivity (Wildman–Crippen MR) is 112 cm³/mol. The summed E-state index contributed by atoms with van der Waals surface area (Å²) in [6.45, 7) is 4.05. The lowest BCUT2D eigenvalue weighted by molar-refractivity contribution is -0.117. The van der Waals surface area contributed by atoms with Crippen LogP contribution in [-0.4, -0.2) is 51.1 Å². The van der Waals surface area contributed by atoms with Gasteiger partial charge in [0.05, 0.1) is 36.8 Å². The summed E-state index contributed by atoms with van der Waals surface area (Å²) in [5.74, 6) is 0.981. The third kappa shape index (κ3) is 4.18. The molecule has 0 unspecified atom stereocenters. The highest BCUT2D eigenvalue weighted by molar-refractivity contribution is 7.99. The van der Waals surface area contributed by atoms with Crippen molar-refractivity contribution in [2.75, 3.05) is 60.3 Å². The molecular weight excluding hydrogens is 382 g/mol. The molecule has 2 aliphatic rings. The maximum Gasteiger partial charge on any atom is 0.246 e. The SMILES string of the molecule is O=C(CNc1cc(Cl)ccc1N1CCOCC1)N1CCSc2ccccc21. The van der Waals surface area contributed by atoms with Gasteiger partial charge < -0.3 is 19.9 Å². The van der Waals surface area contributed by atoms with Crippen LogP contribution < -0.4 is 15.1 Å². The number of amides is 1. The van der Waals surface area contributed by atoms with Crippen LogP contribution in [0.1, 0.15) is 0 Å². The molecule has 1 amide bonds. The van der Waals surface area contributed by atoms with E-state index in [4.69, 9.17) is 16.3 Å². The molecule has 2 aliphatic heterocycles. The molecule has 142 valence electrons. The molecule has 7 heteroatoms. The number of nitrogens with zero attached hydrogens (tertiary/aromatic N) is 2. The number of rotatable bonds is 4. The molecule has 0 aromatic heterocycles. The summed E-state index contributed by atoms with van der Waals surface area (Å²) in [5.41, 5.74) is 2.95. The Morgan fingerprint density at radius 2 is 1.93 bits per heavy atom. The predicted octanol–water partition coefficient (Wildman–Crippen LogP) is 3.73. The van der Waals surface area contributed by atoms with Crippen LogP contribution in [0.4, 0.5) is 17.1 Å². The molecule has 0 aliphatic carbocycles. The Balaban J connectivity index is 1.49. The van der Waals surface area contributed by atoms with Crippen LogP contribution >= 0.6 is 23.4 Å². The van der Waals surface area contributed by atoms with E-state index in [0.29, 0.717) is 18.2 Å². The molecule has 27 heavy (non-hydrogen) atoms. The van der Waals surface area contributed by atoms with E-state index in [9.17, 15) is 4.79 Å². The summed E-state index contributed by atoms with van der Waals surface area (Å²) in [6, 6.07) is 13.9. The Morgan fingerprint density at radius 3 is 2.78 bits per heavy atom. The highest BCUT2D eigenvalue weighted by atomic mass is 35.5. The van der Waals surface area contributed by atoms with Gasteiger partial charge in [0, 0.05) is 35.3 Å². The van der Waals surface area contributed by atoms with Gasteiger partial charge in [0.2, 0.25) is 5.91 Å². The zero-order valence-corrected chi connectivity index (χ0v) is 16.6. The number of para-hydroxylation sites is 1. The Labute approximate surface area is 168 Å². The van der Waals surface area contributed by atoms with Gasteiger partial charge in [0.1, 0.15) is 0 Å². The van der Waals surface area contributed by atoms with Crippen LogP contribution in [0.25, 0.3) is 0 Å².